The van der Waals surface area contributed by atoms with Crippen molar-refractivity contribution in [1.82, 2.24) is 19.8 Å². The van der Waals surface area contributed by atoms with Gasteiger partial charge < -0.3 is 10.1 Å². The minimum absolute atomic E-state index is 0.0458. The molecule has 3 aromatic rings. The van der Waals surface area contributed by atoms with Crippen molar-refractivity contribution >= 4 is 23.4 Å². The number of hydrazone groups is 1. The molecule has 9 nitrogen and oxygen atoms in total. The zero-order valence-corrected chi connectivity index (χ0v) is 18.3. The Morgan fingerprint density at radius 2 is 1.85 bits per heavy atom. The van der Waals surface area contributed by atoms with Gasteiger partial charge in [0.15, 0.2) is 5.82 Å². The van der Waals surface area contributed by atoms with Crippen LogP contribution >= 0.6 is 0 Å². The van der Waals surface area contributed by atoms with E-state index < -0.39 is 35.5 Å². The Hall–Kier alpha value is -4.22. The van der Waals surface area contributed by atoms with Gasteiger partial charge in [-0.1, -0.05) is 6.07 Å². The van der Waals surface area contributed by atoms with Gasteiger partial charge in [-0.25, -0.2) is 22.8 Å². The first kappa shape index (κ1) is 23.0. The standard InChI is InChI=1S/C22H19F3N6O3/c1-12(32)31-22(2,3)34-21(29-31)17-9-14(10-23)30(28-17)18-8-7-13(11-26-18)27-20(33)19-15(24)5-4-6-16(19)25/h4-9,11H,10H2,1-3H3,(H,27,33). The molecule has 2 aromatic heterocycles. The predicted octanol–water partition coefficient (Wildman–Crippen LogP) is 3.54. The van der Waals surface area contributed by atoms with Crippen molar-refractivity contribution in [1.29, 1.82) is 0 Å². The van der Waals surface area contributed by atoms with Crippen LogP contribution in [0.1, 0.15) is 42.5 Å². The van der Waals surface area contributed by atoms with Crippen LogP contribution < -0.4 is 5.32 Å². The molecular weight excluding hydrogens is 453 g/mol. The Kier molecular flexibility index (Phi) is 5.82. The molecule has 0 aliphatic carbocycles. The van der Waals surface area contributed by atoms with E-state index in [9.17, 15) is 22.8 Å². The summed E-state index contributed by atoms with van der Waals surface area (Å²) in [6.45, 7) is 3.76. The highest BCUT2D eigenvalue weighted by atomic mass is 19.1. The number of rotatable bonds is 5. The summed E-state index contributed by atoms with van der Waals surface area (Å²) >= 11 is 0. The molecule has 0 spiro atoms. The molecule has 1 aliphatic heterocycles. The van der Waals surface area contributed by atoms with E-state index in [1.807, 2.05) is 0 Å². The van der Waals surface area contributed by atoms with E-state index in [0.29, 0.717) is 0 Å². The summed E-state index contributed by atoms with van der Waals surface area (Å²) < 4.78 is 48.2. The van der Waals surface area contributed by atoms with Crippen molar-refractivity contribution in [3.8, 4) is 5.82 Å². The van der Waals surface area contributed by atoms with E-state index in [2.05, 4.69) is 20.5 Å². The van der Waals surface area contributed by atoms with Gasteiger partial charge in [-0.2, -0.15) is 10.1 Å². The molecule has 0 bridgehead atoms. The monoisotopic (exact) mass is 472 g/mol. The average molecular weight is 472 g/mol. The molecular formula is C22H19F3N6O3. The molecule has 0 fully saturated rings. The van der Waals surface area contributed by atoms with E-state index in [0.717, 1.165) is 23.2 Å². The van der Waals surface area contributed by atoms with Gasteiger partial charge in [0, 0.05) is 6.92 Å². The molecule has 4 rings (SSSR count). The molecule has 0 atom stereocenters. The number of amides is 2. The number of anilines is 1. The topological polar surface area (TPSA) is 102 Å². The molecule has 2 amide bonds. The molecule has 3 heterocycles. The highest BCUT2D eigenvalue weighted by molar-refractivity contribution is 6.04. The average Bonchev–Trinajstić information content (AvgIpc) is 3.34. The molecule has 1 aromatic carbocycles. The van der Waals surface area contributed by atoms with Gasteiger partial charge in [0.05, 0.1) is 17.6 Å². The number of carbonyl (C=O) groups excluding carboxylic acids is 2. The Bertz CT molecular complexity index is 1280. The molecule has 1 aliphatic rings. The van der Waals surface area contributed by atoms with Crippen LogP contribution in [-0.2, 0) is 16.2 Å². The predicted molar refractivity (Wildman–Crippen MR) is 115 cm³/mol. The highest BCUT2D eigenvalue weighted by Crippen LogP contribution is 2.27. The maximum atomic E-state index is 13.8. The summed E-state index contributed by atoms with van der Waals surface area (Å²) in [5.41, 5.74) is -1.26. The first-order valence-electron chi connectivity index (χ1n) is 10.1. The van der Waals surface area contributed by atoms with Gasteiger partial charge in [0.2, 0.25) is 11.6 Å². The number of hydrogen-bond acceptors (Lipinski definition) is 6. The van der Waals surface area contributed by atoms with E-state index in [-0.39, 0.29) is 34.7 Å². The number of nitrogens with zero attached hydrogens (tertiary/aromatic N) is 5. The van der Waals surface area contributed by atoms with Gasteiger partial charge >= 0.3 is 0 Å². The molecule has 34 heavy (non-hydrogen) atoms. The fraction of sp³-hybridized carbons (Fsp3) is 0.227. The minimum Gasteiger partial charge on any atom is -0.447 e. The van der Waals surface area contributed by atoms with E-state index in [1.165, 1.54) is 36.0 Å². The first-order chi connectivity index (χ1) is 16.1. The normalized spacial score (nSPS) is 14.5. The van der Waals surface area contributed by atoms with Gasteiger partial charge in [0.1, 0.15) is 29.6 Å². The lowest BCUT2D eigenvalue weighted by atomic mass is 10.2. The Labute approximate surface area is 191 Å². The molecule has 12 heteroatoms. The van der Waals surface area contributed by atoms with Gasteiger partial charge in [-0.15, -0.1) is 5.10 Å². The maximum Gasteiger partial charge on any atom is 0.261 e. The third-order valence-corrected chi connectivity index (χ3v) is 4.90. The molecule has 0 unspecified atom stereocenters. The molecule has 0 saturated heterocycles. The Balaban J connectivity index is 1.58. The first-order valence-corrected chi connectivity index (χ1v) is 10.1. The number of aromatic nitrogens is 3. The fourth-order valence-corrected chi connectivity index (χ4v) is 3.38. The molecule has 176 valence electrons. The fourth-order valence-electron chi connectivity index (χ4n) is 3.38. The van der Waals surface area contributed by atoms with Crippen molar-refractivity contribution in [3.05, 3.63) is 71.2 Å². The lowest BCUT2D eigenvalue weighted by molar-refractivity contribution is -0.142. The van der Waals surface area contributed by atoms with Crippen LogP contribution in [0.25, 0.3) is 5.82 Å². The second-order valence-electron chi connectivity index (χ2n) is 7.81. The summed E-state index contributed by atoms with van der Waals surface area (Å²) in [6, 6.07) is 7.37. The number of nitrogens with one attached hydrogen (secondary N) is 1. The van der Waals surface area contributed by atoms with Crippen LogP contribution in [0.3, 0.4) is 0 Å². The third-order valence-electron chi connectivity index (χ3n) is 4.90. The number of pyridine rings is 1. The van der Waals surface area contributed by atoms with Gasteiger partial charge in [0.25, 0.3) is 11.8 Å². The van der Waals surface area contributed by atoms with E-state index in [1.54, 1.807) is 13.8 Å². The zero-order chi connectivity index (χ0) is 24.6. The van der Waals surface area contributed by atoms with Crippen LogP contribution in [0, 0.1) is 11.6 Å². The maximum absolute atomic E-state index is 13.8. The van der Waals surface area contributed by atoms with Crippen molar-refractivity contribution in [2.24, 2.45) is 5.10 Å². The third kappa shape index (κ3) is 4.21. The second-order valence-corrected chi connectivity index (χ2v) is 7.81. The summed E-state index contributed by atoms with van der Waals surface area (Å²) in [5.74, 6) is -3.06. The van der Waals surface area contributed by atoms with Crippen molar-refractivity contribution in [2.75, 3.05) is 5.32 Å². The highest BCUT2D eigenvalue weighted by Gasteiger charge is 2.40. The number of alkyl halides is 1. The SMILES string of the molecule is CC(=O)N1N=C(c2cc(CF)n(-c3ccc(NC(=O)c4c(F)cccc4F)cn3)n2)OC1(C)C. The Morgan fingerprint density at radius 3 is 2.41 bits per heavy atom. The minimum atomic E-state index is -1.03. The van der Waals surface area contributed by atoms with E-state index in [4.69, 9.17) is 4.74 Å². The quantitative estimate of drug-likeness (QED) is 0.612. The van der Waals surface area contributed by atoms with Gasteiger partial charge in [-0.05, 0) is 44.2 Å². The van der Waals surface area contributed by atoms with Gasteiger partial charge in [-0.3, -0.25) is 9.59 Å². The van der Waals surface area contributed by atoms with Crippen molar-refractivity contribution < 1.29 is 27.5 Å². The number of hydrogen-bond donors (Lipinski definition) is 1. The summed E-state index contributed by atoms with van der Waals surface area (Å²) in [4.78, 5) is 28.2. The van der Waals surface area contributed by atoms with Crippen LogP contribution in [0.15, 0.2) is 47.7 Å². The number of benzene rings is 1. The zero-order valence-electron chi connectivity index (χ0n) is 18.3. The van der Waals surface area contributed by atoms with E-state index >= 15 is 0 Å². The molecule has 0 radical (unpaired) electrons. The largest absolute Gasteiger partial charge is 0.447 e. The van der Waals surface area contributed by atoms with Crippen LogP contribution in [0.4, 0.5) is 18.9 Å². The Morgan fingerprint density at radius 1 is 1.15 bits per heavy atom. The summed E-state index contributed by atoms with van der Waals surface area (Å²) in [5, 5.41) is 11.9. The second kappa shape index (κ2) is 8.61. The molecule has 0 saturated carbocycles. The van der Waals surface area contributed by atoms with Crippen molar-refractivity contribution in [3.63, 3.8) is 0 Å². The summed E-state index contributed by atoms with van der Waals surface area (Å²) in [6.07, 6.45) is 1.24. The van der Waals surface area contributed by atoms with Crippen LogP contribution in [-0.4, -0.2) is 43.2 Å². The lowest BCUT2D eigenvalue weighted by Crippen LogP contribution is -2.41. The van der Waals surface area contributed by atoms with Crippen LogP contribution in [0.5, 0.6) is 0 Å². The van der Waals surface area contributed by atoms with Crippen molar-refractivity contribution in [2.45, 2.75) is 33.2 Å². The smallest absolute Gasteiger partial charge is 0.261 e. The molecule has 1 N–H and O–H groups in total. The van der Waals surface area contributed by atoms with Crippen LogP contribution in [0.2, 0.25) is 0 Å². The number of halogens is 3. The number of carbonyl (C=O) groups is 2. The summed E-state index contributed by atoms with van der Waals surface area (Å²) in [7, 11) is 0. The lowest BCUT2D eigenvalue weighted by Gasteiger charge is -2.25. The number of ether oxygens (including phenoxy) is 1.